The Labute approximate surface area is 91.8 Å². The van der Waals surface area contributed by atoms with Crippen LogP contribution in [-0.2, 0) is 0 Å². The molecule has 3 nitrogen and oxygen atoms in total. The van der Waals surface area contributed by atoms with E-state index in [1.54, 1.807) is 0 Å². The standard InChI is InChI=1S/C13H9NO2/c1-7-2-3-9-8(6-7)12-10(15)4-5-11(16)13(12)14-9/h2-6,14H,1H3. The Bertz CT molecular complexity index is 662. The third-order valence-electron chi connectivity index (χ3n) is 2.83. The number of hydrogen-bond acceptors (Lipinski definition) is 2. The lowest BCUT2D eigenvalue weighted by atomic mass is 9.98. The molecule has 0 saturated carbocycles. The van der Waals surface area contributed by atoms with Gasteiger partial charge in [0.1, 0.15) is 0 Å². The summed E-state index contributed by atoms with van der Waals surface area (Å²) in [5, 5.41) is 0.831. The van der Waals surface area contributed by atoms with E-state index in [9.17, 15) is 9.59 Å². The van der Waals surface area contributed by atoms with Gasteiger partial charge in [-0.05, 0) is 31.2 Å². The number of aromatic nitrogens is 1. The molecule has 1 aliphatic carbocycles. The summed E-state index contributed by atoms with van der Waals surface area (Å²) in [6, 6.07) is 5.77. The minimum atomic E-state index is -0.136. The molecule has 3 heteroatoms. The van der Waals surface area contributed by atoms with Crippen molar-refractivity contribution in [2.45, 2.75) is 6.92 Å². The number of aryl methyl sites for hydroxylation is 1. The quantitative estimate of drug-likeness (QED) is 0.727. The summed E-state index contributed by atoms with van der Waals surface area (Å²) < 4.78 is 0. The summed E-state index contributed by atoms with van der Waals surface area (Å²) in [6.07, 6.45) is 2.65. The zero-order valence-corrected chi connectivity index (χ0v) is 8.70. The van der Waals surface area contributed by atoms with Crippen molar-refractivity contribution in [3.05, 3.63) is 47.2 Å². The number of hydrogen-bond donors (Lipinski definition) is 1. The molecule has 0 atom stereocenters. The van der Waals surface area contributed by atoms with Gasteiger partial charge in [0.05, 0.1) is 11.3 Å². The first-order chi connectivity index (χ1) is 7.66. The third-order valence-corrected chi connectivity index (χ3v) is 2.83. The van der Waals surface area contributed by atoms with Crippen LogP contribution in [-0.4, -0.2) is 16.6 Å². The van der Waals surface area contributed by atoms with Crippen molar-refractivity contribution >= 4 is 22.5 Å². The van der Waals surface area contributed by atoms with E-state index in [1.165, 1.54) is 12.2 Å². The van der Waals surface area contributed by atoms with E-state index in [0.717, 1.165) is 16.5 Å². The van der Waals surface area contributed by atoms with Crippen molar-refractivity contribution in [2.24, 2.45) is 0 Å². The summed E-state index contributed by atoms with van der Waals surface area (Å²) in [6.45, 7) is 1.96. The topological polar surface area (TPSA) is 49.9 Å². The van der Waals surface area contributed by atoms with Gasteiger partial charge in [-0.2, -0.15) is 0 Å². The van der Waals surface area contributed by atoms with Gasteiger partial charge in [0.2, 0.25) is 5.78 Å². The molecular weight excluding hydrogens is 202 g/mol. The maximum atomic E-state index is 11.8. The molecule has 1 aromatic carbocycles. The maximum Gasteiger partial charge on any atom is 0.202 e. The molecule has 0 fully saturated rings. The Kier molecular flexibility index (Phi) is 1.66. The fraction of sp³-hybridized carbons (Fsp3) is 0.0769. The zero-order chi connectivity index (χ0) is 11.3. The van der Waals surface area contributed by atoms with Crippen molar-refractivity contribution in [2.75, 3.05) is 0 Å². The number of carbonyl (C=O) groups excluding carboxylic acids is 2. The SMILES string of the molecule is Cc1ccc2[nH]c3c(c2c1)C(=O)C=CC3=O. The minimum absolute atomic E-state index is 0.105. The van der Waals surface area contributed by atoms with Crippen LogP contribution in [0.15, 0.2) is 30.4 Å². The Morgan fingerprint density at radius 1 is 1.06 bits per heavy atom. The van der Waals surface area contributed by atoms with E-state index in [1.807, 2.05) is 25.1 Å². The molecule has 0 radical (unpaired) electrons. The van der Waals surface area contributed by atoms with Crippen LogP contribution < -0.4 is 0 Å². The lowest BCUT2D eigenvalue weighted by Crippen LogP contribution is -2.09. The van der Waals surface area contributed by atoms with E-state index in [0.29, 0.717) is 11.3 Å². The molecule has 0 amide bonds. The third kappa shape index (κ3) is 1.08. The highest BCUT2D eigenvalue weighted by molar-refractivity contribution is 6.26. The second-order valence-electron chi connectivity index (χ2n) is 3.99. The van der Waals surface area contributed by atoms with Crippen molar-refractivity contribution in [1.29, 1.82) is 0 Å². The Hall–Kier alpha value is -2.16. The van der Waals surface area contributed by atoms with Crippen LogP contribution in [0.5, 0.6) is 0 Å². The van der Waals surface area contributed by atoms with Gasteiger partial charge in [-0.1, -0.05) is 11.6 Å². The Morgan fingerprint density at radius 3 is 2.62 bits per heavy atom. The largest absolute Gasteiger partial charge is 0.351 e. The van der Waals surface area contributed by atoms with Crippen molar-refractivity contribution in [1.82, 2.24) is 4.98 Å². The van der Waals surface area contributed by atoms with E-state index < -0.39 is 0 Å². The molecular formula is C13H9NO2. The average molecular weight is 211 g/mol. The minimum Gasteiger partial charge on any atom is -0.351 e. The number of nitrogens with one attached hydrogen (secondary N) is 1. The fourth-order valence-electron chi connectivity index (χ4n) is 2.06. The monoisotopic (exact) mass is 211 g/mol. The van der Waals surface area contributed by atoms with Gasteiger partial charge in [-0.15, -0.1) is 0 Å². The number of rotatable bonds is 0. The van der Waals surface area contributed by atoms with Crippen LogP contribution in [0, 0.1) is 6.92 Å². The summed E-state index contributed by atoms with van der Waals surface area (Å²) in [4.78, 5) is 26.4. The van der Waals surface area contributed by atoms with Gasteiger partial charge in [0, 0.05) is 10.9 Å². The number of H-pyrrole nitrogens is 1. The Morgan fingerprint density at radius 2 is 1.81 bits per heavy atom. The van der Waals surface area contributed by atoms with E-state index >= 15 is 0 Å². The van der Waals surface area contributed by atoms with Gasteiger partial charge in [-0.3, -0.25) is 9.59 Å². The summed E-state index contributed by atoms with van der Waals surface area (Å²) in [5.41, 5.74) is 2.82. The van der Waals surface area contributed by atoms with E-state index in [2.05, 4.69) is 4.98 Å². The molecule has 2 aromatic rings. The lowest BCUT2D eigenvalue weighted by Gasteiger charge is -2.02. The second kappa shape index (κ2) is 2.92. The zero-order valence-electron chi connectivity index (χ0n) is 8.70. The van der Waals surface area contributed by atoms with Crippen LogP contribution in [0.3, 0.4) is 0 Å². The van der Waals surface area contributed by atoms with Crippen LogP contribution in [0.1, 0.15) is 26.4 Å². The Balaban J connectivity index is 2.45. The van der Waals surface area contributed by atoms with Gasteiger partial charge in [-0.25, -0.2) is 0 Å². The van der Waals surface area contributed by atoms with E-state index in [4.69, 9.17) is 0 Å². The molecule has 0 unspecified atom stereocenters. The average Bonchev–Trinajstić information content (AvgIpc) is 2.63. The maximum absolute atomic E-state index is 11.8. The number of ketones is 2. The number of fused-ring (bicyclic) bond motifs is 3. The number of aromatic amines is 1. The predicted molar refractivity (Wildman–Crippen MR) is 60.8 cm³/mol. The highest BCUT2D eigenvalue weighted by Gasteiger charge is 2.23. The van der Waals surface area contributed by atoms with Gasteiger partial charge in [0.25, 0.3) is 0 Å². The van der Waals surface area contributed by atoms with Gasteiger partial charge in [0.15, 0.2) is 5.78 Å². The number of benzene rings is 1. The molecule has 1 N–H and O–H groups in total. The summed E-state index contributed by atoms with van der Waals surface area (Å²) >= 11 is 0. The van der Waals surface area contributed by atoms with Gasteiger partial charge < -0.3 is 4.98 Å². The molecule has 3 rings (SSSR count). The van der Waals surface area contributed by atoms with Gasteiger partial charge >= 0.3 is 0 Å². The van der Waals surface area contributed by atoms with Crippen molar-refractivity contribution in [3.63, 3.8) is 0 Å². The molecule has 78 valence electrons. The number of allylic oxidation sites excluding steroid dienone is 2. The highest BCUT2D eigenvalue weighted by Crippen LogP contribution is 2.27. The second-order valence-corrected chi connectivity index (χ2v) is 3.99. The molecule has 0 aliphatic heterocycles. The molecule has 1 heterocycles. The first kappa shape index (κ1) is 9.09. The summed E-state index contributed by atoms with van der Waals surface area (Å²) in [7, 11) is 0. The molecule has 0 bridgehead atoms. The molecule has 0 saturated heterocycles. The van der Waals surface area contributed by atoms with E-state index in [-0.39, 0.29) is 11.6 Å². The predicted octanol–water partition coefficient (Wildman–Crippen LogP) is 2.41. The molecule has 1 aliphatic rings. The van der Waals surface area contributed by atoms with Crippen molar-refractivity contribution < 1.29 is 9.59 Å². The van der Waals surface area contributed by atoms with Crippen molar-refractivity contribution in [3.8, 4) is 0 Å². The normalized spacial score (nSPS) is 14.6. The first-order valence-electron chi connectivity index (χ1n) is 5.06. The molecule has 16 heavy (non-hydrogen) atoms. The number of carbonyl (C=O) groups is 2. The van der Waals surface area contributed by atoms with Crippen LogP contribution in [0.25, 0.3) is 10.9 Å². The molecule has 1 aromatic heterocycles. The fourth-order valence-corrected chi connectivity index (χ4v) is 2.06. The lowest BCUT2D eigenvalue weighted by molar-refractivity contribution is 0.0993. The smallest absolute Gasteiger partial charge is 0.202 e. The van der Waals surface area contributed by atoms with Crippen LogP contribution >= 0.6 is 0 Å². The van der Waals surface area contributed by atoms with Crippen LogP contribution in [0.2, 0.25) is 0 Å². The first-order valence-corrected chi connectivity index (χ1v) is 5.06. The highest BCUT2D eigenvalue weighted by atomic mass is 16.1. The molecule has 0 spiro atoms. The van der Waals surface area contributed by atoms with Crippen LogP contribution in [0.4, 0.5) is 0 Å². The summed E-state index contributed by atoms with van der Waals surface area (Å²) in [5.74, 6) is -0.241.